The molecular formula is C2H6IO2P. The van der Waals surface area contributed by atoms with Crippen LogP contribution in [0.2, 0.25) is 0 Å². The van der Waals surface area contributed by atoms with Crippen LogP contribution in [0.4, 0.5) is 0 Å². The van der Waals surface area contributed by atoms with E-state index in [1.165, 1.54) is 0 Å². The van der Waals surface area contributed by atoms with Crippen molar-refractivity contribution >= 4 is 32.0 Å². The van der Waals surface area contributed by atoms with E-state index in [1.807, 2.05) is 6.92 Å². The molecule has 1 atom stereocenters. The zero-order chi connectivity index (χ0) is 4.83. The van der Waals surface area contributed by atoms with Crippen LogP contribution in [0.3, 0.4) is 0 Å². The summed E-state index contributed by atoms with van der Waals surface area (Å²) in [7, 11) is 0.202. The van der Waals surface area contributed by atoms with Gasteiger partial charge >= 0.3 is 0 Å². The van der Waals surface area contributed by atoms with Crippen molar-refractivity contribution in [2.75, 3.05) is 6.61 Å². The Balaban J connectivity index is 2.34. The summed E-state index contributed by atoms with van der Waals surface area (Å²) in [6.45, 7) is 2.67. The van der Waals surface area contributed by atoms with Gasteiger partial charge < -0.3 is 4.52 Å². The van der Waals surface area contributed by atoms with Gasteiger partial charge in [0.25, 0.3) is 0 Å². The molecule has 0 aromatic rings. The van der Waals surface area contributed by atoms with Crippen LogP contribution < -0.4 is 0 Å². The molecule has 6 heavy (non-hydrogen) atoms. The Morgan fingerprint density at radius 1 is 1.83 bits per heavy atom. The highest BCUT2D eigenvalue weighted by Gasteiger charge is 1.74. The van der Waals surface area contributed by atoms with Crippen molar-refractivity contribution < 1.29 is 7.38 Å². The summed E-state index contributed by atoms with van der Waals surface area (Å²) in [5, 5.41) is 0. The lowest BCUT2D eigenvalue weighted by atomic mass is 10.9. The molecule has 38 valence electrons. The van der Waals surface area contributed by atoms with E-state index in [4.69, 9.17) is 4.52 Å². The summed E-state index contributed by atoms with van der Waals surface area (Å²) in [6, 6.07) is 0. The molecule has 0 bridgehead atoms. The Bertz CT molecular complexity index is 23.5. The first-order chi connectivity index (χ1) is 2.91. The van der Waals surface area contributed by atoms with Gasteiger partial charge in [-0.3, -0.25) is 2.85 Å². The summed E-state index contributed by atoms with van der Waals surface area (Å²) in [4.78, 5) is 0. The van der Waals surface area contributed by atoms with Gasteiger partial charge in [-0.05, 0) is 6.92 Å². The molecule has 0 N–H and O–H groups in total. The van der Waals surface area contributed by atoms with E-state index in [1.54, 1.807) is 23.0 Å². The molecule has 0 aliphatic carbocycles. The van der Waals surface area contributed by atoms with Gasteiger partial charge in [-0.25, -0.2) is 0 Å². The van der Waals surface area contributed by atoms with Crippen LogP contribution in [0.1, 0.15) is 6.92 Å². The third kappa shape index (κ3) is 5.08. The smallest absolute Gasteiger partial charge is 0.167 e. The molecule has 0 saturated heterocycles. The standard InChI is InChI=1S/C2H6IO2P/c1-2-4-6-5-3/h6H,2H2,1H3. The summed E-state index contributed by atoms with van der Waals surface area (Å²) < 4.78 is 9.34. The van der Waals surface area contributed by atoms with Crippen LogP contribution in [-0.2, 0) is 7.38 Å². The third-order valence-corrected chi connectivity index (χ3v) is 1.24. The van der Waals surface area contributed by atoms with Crippen molar-refractivity contribution in [2.45, 2.75) is 6.92 Å². The Kier molecular flexibility index (Phi) is 7.17. The van der Waals surface area contributed by atoms with Crippen LogP contribution >= 0.6 is 32.0 Å². The number of hydrogen-bond acceptors (Lipinski definition) is 2. The fourth-order valence-corrected chi connectivity index (χ4v) is 0.625. The quantitative estimate of drug-likeness (QED) is 0.410. The van der Waals surface area contributed by atoms with Crippen LogP contribution in [-0.4, -0.2) is 6.61 Å². The van der Waals surface area contributed by atoms with E-state index >= 15 is 0 Å². The van der Waals surface area contributed by atoms with Crippen molar-refractivity contribution in [3.8, 4) is 0 Å². The molecule has 0 spiro atoms. The molecule has 2 nitrogen and oxygen atoms in total. The first-order valence-electron chi connectivity index (χ1n) is 1.56. The van der Waals surface area contributed by atoms with Crippen molar-refractivity contribution in [3.05, 3.63) is 0 Å². The Morgan fingerprint density at radius 2 is 2.50 bits per heavy atom. The molecule has 0 aromatic heterocycles. The molecule has 0 fully saturated rings. The lowest BCUT2D eigenvalue weighted by Crippen LogP contribution is -1.69. The van der Waals surface area contributed by atoms with Gasteiger partial charge in [-0.2, -0.15) is 0 Å². The highest BCUT2D eigenvalue weighted by atomic mass is 127. The van der Waals surface area contributed by atoms with Gasteiger partial charge in [0.2, 0.25) is 0 Å². The van der Waals surface area contributed by atoms with Crippen LogP contribution in [0.15, 0.2) is 0 Å². The number of hydrogen-bond donors (Lipinski definition) is 0. The van der Waals surface area contributed by atoms with Gasteiger partial charge in [0.1, 0.15) is 23.0 Å². The average Bonchev–Trinajstić information content (AvgIpc) is 1.61. The normalized spacial score (nSPS) is 11.0. The molecule has 0 aliphatic rings. The van der Waals surface area contributed by atoms with Gasteiger partial charge in [0, 0.05) is 0 Å². The van der Waals surface area contributed by atoms with Gasteiger partial charge in [0.15, 0.2) is 9.03 Å². The lowest BCUT2D eigenvalue weighted by Gasteiger charge is -1.89. The highest BCUT2D eigenvalue weighted by molar-refractivity contribution is 14.1. The summed E-state index contributed by atoms with van der Waals surface area (Å²) in [5.41, 5.74) is 0. The fourth-order valence-electron chi connectivity index (χ4n) is 0.0812. The maximum Gasteiger partial charge on any atom is 0.167 e. The van der Waals surface area contributed by atoms with Crippen LogP contribution in [0, 0.1) is 0 Å². The van der Waals surface area contributed by atoms with Crippen molar-refractivity contribution in [3.63, 3.8) is 0 Å². The van der Waals surface area contributed by atoms with E-state index in [0.717, 1.165) is 6.61 Å². The molecule has 1 unspecified atom stereocenters. The number of rotatable bonds is 3. The second-order valence-corrected chi connectivity index (χ2v) is 2.52. The predicted octanol–water partition coefficient (Wildman–Crippen LogP) is 1.90. The van der Waals surface area contributed by atoms with E-state index < -0.39 is 0 Å². The topological polar surface area (TPSA) is 18.5 Å². The van der Waals surface area contributed by atoms with Crippen molar-refractivity contribution in [1.82, 2.24) is 0 Å². The van der Waals surface area contributed by atoms with Crippen LogP contribution in [0.25, 0.3) is 0 Å². The van der Waals surface area contributed by atoms with Crippen molar-refractivity contribution in [2.24, 2.45) is 0 Å². The largest absolute Gasteiger partial charge is 0.336 e. The van der Waals surface area contributed by atoms with Gasteiger partial charge in [0.05, 0.1) is 6.61 Å². The SMILES string of the molecule is CCOPOI. The Morgan fingerprint density at radius 3 is 2.67 bits per heavy atom. The molecule has 0 heterocycles. The fraction of sp³-hybridized carbons (Fsp3) is 1.00. The van der Waals surface area contributed by atoms with E-state index in [-0.39, 0.29) is 9.03 Å². The summed E-state index contributed by atoms with van der Waals surface area (Å²) in [5.74, 6) is 0. The molecule has 0 aromatic carbocycles. The lowest BCUT2D eigenvalue weighted by molar-refractivity contribution is 0.365. The molecule has 0 rings (SSSR count). The highest BCUT2D eigenvalue weighted by Crippen LogP contribution is 2.16. The first-order valence-corrected chi connectivity index (χ1v) is 3.26. The first kappa shape index (κ1) is 7.08. The molecule has 0 aliphatic heterocycles. The average molecular weight is 220 g/mol. The third-order valence-electron chi connectivity index (χ3n) is 0.235. The van der Waals surface area contributed by atoms with Gasteiger partial charge in [-0.1, -0.05) is 0 Å². The molecule has 0 amide bonds. The molecule has 0 saturated carbocycles. The minimum atomic E-state index is 0.202. The minimum Gasteiger partial charge on any atom is -0.336 e. The Hall–Kier alpha value is 1.08. The maximum absolute atomic E-state index is 4.78. The molecular weight excluding hydrogens is 214 g/mol. The van der Waals surface area contributed by atoms with Gasteiger partial charge in [-0.15, -0.1) is 0 Å². The zero-order valence-electron chi connectivity index (χ0n) is 3.40. The van der Waals surface area contributed by atoms with Crippen LogP contribution in [0.5, 0.6) is 0 Å². The summed E-state index contributed by atoms with van der Waals surface area (Å²) in [6.07, 6.45) is 0. The second-order valence-electron chi connectivity index (χ2n) is 0.593. The van der Waals surface area contributed by atoms with Crippen molar-refractivity contribution in [1.29, 1.82) is 0 Å². The molecule has 4 heteroatoms. The van der Waals surface area contributed by atoms with E-state index in [9.17, 15) is 0 Å². The second kappa shape index (κ2) is 6.08. The number of halogens is 1. The Labute approximate surface area is 53.2 Å². The zero-order valence-corrected chi connectivity index (χ0v) is 6.56. The van der Waals surface area contributed by atoms with E-state index in [0.29, 0.717) is 0 Å². The summed E-state index contributed by atoms with van der Waals surface area (Å²) >= 11 is 1.80. The predicted molar refractivity (Wildman–Crippen MR) is 35.0 cm³/mol. The molecule has 0 radical (unpaired) electrons. The maximum atomic E-state index is 4.78. The monoisotopic (exact) mass is 220 g/mol. The minimum absolute atomic E-state index is 0.202. The van der Waals surface area contributed by atoms with E-state index in [2.05, 4.69) is 2.85 Å².